The summed E-state index contributed by atoms with van der Waals surface area (Å²) in [6.45, 7) is 3.92. The van der Waals surface area contributed by atoms with Gasteiger partial charge < -0.3 is 20.5 Å². The van der Waals surface area contributed by atoms with Crippen LogP contribution in [0.1, 0.15) is 37.9 Å². The van der Waals surface area contributed by atoms with Gasteiger partial charge in [-0.05, 0) is 26.2 Å². The van der Waals surface area contributed by atoms with Crippen molar-refractivity contribution in [3.63, 3.8) is 0 Å². The molecular formula is C14H24N4O2. The molecule has 0 saturated heterocycles. The largest absolute Gasteiger partial charge is 0.391 e. The van der Waals surface area contributed by atoms with E-state index >= 15 is 0 Å². The summed E-state index contributed by atoms with van der Waals surface area (Å²) in [7, 11) is 1.59. The molecule has 0 bridgehead atoms. The van der Waals surface area contributed by atoms with Gasteiger partial charge in [-0.15, -0.1) is 0 Å². The Balaban J connectivity index is 1.92. The van der Waals surface area contributed by atoms with Crippen LogP contribution >= 0.6 is 0 Å². The predicted molar refractivity (Wildman–Crippen MR) is 79.2 cm³/mol. The molecule has 112 valence electrons. The lowest BCUT2D eigenvalue weighted by molar-refractivity contribution is 0.0615. The summed E-state index contributed by atoms with van der Waals surface area (Å²) in [5, 5.41) is 16.1. The van der Waals surface area contributed by atoms with E-state index in [1.54, 1.807) is 7.11 Å². The Labute approximate surface area is 120 Å². The van der Waals surface area contributed by atoms with Gasteiger partial charge in [-0.3, -0.25) is 0 Å². The predicted octanol–water partition coefficient (Wildman–Crippen LogP) is 1.60. The first-order valence-electron chi connectivity index (χ1n) is 7.26. The van der Waals surface area contributed by atoms with Gasteiger partial charge in [0.25, 0.3) is 0 Å². The molecule has 0 amide bonds. The van der Waals surface area contributed by atoms with Crippen molar-refractivity contribution in [3.8, 4) is 0 Å². The van der Waals surface area contributed by atoms with Crippen LogP contribution in [0.4, 0.5) is 11.6 Å². The lowest BCUT2D eigenvalue weighted by atomic mass is 10.2. The molecule has 0 spiro atoms. The summed E-state index contributed by atoms with van der Waals surface area (Å²) in [5.41, 5.74) is 0. The molecule has 1 aliphatic rings. The van der Waals surface area contributed by atoms with E-state index in [0.717, 1.165) is 24.0 Å². The number of ether oxygens (including phenoxy) is 1. The molecule has 1 aromatic heterocycles. The van der Waals surface area contributed by atoms with Crippen LogP contribution in [0.15, 0.2) is 6.07 Å². The van der Waals surface area contributed by atoms with E-state index in [9.17, 15) is 5.11 Å². The monoisotopic (exact) mass is 280 g/mol. The standard InChI is InChI=1S/C14H24N4O2/c1-3-15-12-8-13(16-7-6-11(19)9-20-2)18-14(17-12)10-4-5-10/h8,10-11,19H,3-7,9H2,1-2H3,(H2,15,16,17,18). The van der Waals surface area contributed by atoms with Crippen molar-refractivity contribution < 1.29 is 9.84 Å². The molecule has 0 radical (unpaired) electrons. The van der Waals surface area contributed by atoms with E-state index in [1.807, 2.05) is 13.0 Å². The fourth-order valence-electron chi connectivity index (χ4n) is 1.99. The highest BCUT2D eigenvalue weighted by Crippen LogP contribution is 2.38. The topological polar surface area (TPSA) is 79.3 Å². The summed E-state index contributed by atoms with van der Waals surface area (Å²) in [6.07, 6.45) is 2.56. The number of methoxy groups -OCH3 is 1. The number of aliphatic hydroxyl groups is 1. The molecular weight excluding hydrogens is 256 g/mol. The Morgan fingerprint density at radius 1 is 1.35 bits per heavy atom. The first-order chi connectivity index (χ1) is 9.72. The van der Waals surface area contributed by atoms with Gasteiger partial charge >= 0.3 is 0 Å². The van der Waals surface area contributed by atoms with Gasteiger partial charge in [0.15, 0.2) is 0 Å². The third-order valence-corrected chi connectivity index (χ3v) is 3.19. The Kier molecular flexibility index (Phi) is 5.55. The normalized spacial score (nSPS) is 15.9. The Morgan fingerprint density at radius 2 is 2.05 bits per heavy atom. The van der Waals surface area contributed by atoms with Gasteiger partial charge in [0, 0.05) is 32.2 Å². The molecule has 1 heterocycles. The Bertz CT molecular complexity index is 424. The lowest BCUT2D eigenvalue weighted by Gasteiger charge is -2.12. The third kappa shape index (κ3) is 4.61. The molecule has 1 unspecified atom stereocenters. The van der Waals surface area contributed by atoms with E-state index in [1.165, 1.54) is 12.8 Å². The van der Waals surface area contributed by atoms with Crippen molar-refractivity contribution >= 4 is 11.6 Å². The average Bonchev–Trinajstić information content (AvgIpc) is 3.23. The molecule has 2 rings (SSSR count). The van der Waals surface area contributed by atoms with Gasteiger partial charge in [0.1, 0.15) is 17.5 Å². The molecule has 0 aliphatic heterocycles. The number of hydrogen-bond acceptors (Lipinski definition) is 6. The zero-order valence-electron chi connectivity index (χ0n) is 12.2. The molecule has 0 aromatic carbocycles. The highest BCUT2D eigenvalue weighted by molar-refractivity contribution is 5.48. The number of rotatable bonds is 9. The van der Waals surface area contributed by atoms with Gasteiger partial charge in [-0.25, -0.2) is 9.97 Å². The maximum absolute atomic E-state index is 9.61. The highest BCUT2D eigenvalue weighted by atomic mass is 16.5. The molecule has 1 aromatic rings. The highest BCUT2D eigenvalue weighted by Gasteiger charge is 2.27. The van der Waals surface area contributed by atoms with Crippen LogP contribution in [-0.4, -0.2) is 48.0 Å². The molecule has 1 fully saturated rings. The maximum atomic E-state index is 9.61. The van der Waals surface area contributed by atoms with E-state index < -0.39 is 6.10 Å². The number of nitrogens with one attached hydrogen (secondary N) is 2. The second-order valence-electron chi connectivity index (χ2n) is 5.13. The number of aliphatic hydroxyl groups excluding tert-OH is 1. The molecule has 3 N–H and O–H groups in total. The fraction of sp³-hybridized carbons (Fsp3) is 0.714. The van der Waals surface area contributed by atoms with Gasteiger partial charge in [0.2, 0.25) is 0 Å². The van der Waals surface area contributed by atoms with E-state index in [2.05, 4.69) is 20.6 Å². The third-order valence-electron chi connectivity index (χ3n) is 3.19. The van der Waals surface area contributed by atoms with E-state index in [4.69, 9.17) is 4.74 Å². The summed E-state index contributed by atoms with van der Waals surface area (Å²) in [6, 6.07) is 1.91. The van der Waals surface area contributed by atoms with Gasteiger partial charge in [-0.1, -0.05) is 0 Å². The van der Waals surface area contributed by atoms with E-state index in [0.29, 0.717) is 25.5 Å². The fourth-order valence-corrected chi connectivity index (χ4v) is 1.99. The molecule has 6 nitrogen and oxygen atoms in total. The summed E-state index contributed by atoms with van der Waals surface area (Å²) in [4.78, 5) is 9.07. The lowest BCUT2D eigenvalue weighted by Crippen LogP contribution is -2.19. The second-order valence-corrected chi connectivity index (χ2v) is 5.13. The van der Waals surface area contributed by atoms with Crippen molar-refractivity contribution in [2.24, 2.45) is 0 Å². The zero-order valence-corrected chi connectivity index (χ0v) is 12.2. The molecule has 1 aliphatic carbocycles. The Morgan fingerprint density at radius 3 is 2.65 bits per heavy atom. The number of hydrogen-bond donors (Lipinski definition) is 3. The minimum atomic E-state index is -0.439. The summed E-state index contributed by atoms with van der Waals surface area (Å²) < 4.78 is 4.90. The van der Waals surface area contributed by atoms with E-state index in [-0.39, 0.29) is 0 Å². The van der Waals surface area contributed by atoms with Crippen LogP contribution in [-0.2, 0) is 4.74 Å². The second kappa shape index (κ2) is 7.40. The first kappa shape index (κ1) is 15.0. The average molecular weight is 280 g/mol. The van der Waals surface area contributed by atoms with Crippen LogP contribution in [0.3, 0.4) is 0 Å². The minimum absolute atomic E-state index is 0.363. The van der Waals surface area contributed by atoms with Crippen molar-refractivity contribution in [3.05, 3.63) is 11.9 Å². The quantitative estimate of drug-likeness (QED) is 0.637. The molecule has 1 saturated carbocycles. The van der Waals surface area contributed by atoms with Crippen LogP contribution in [0.2, 0.25) is 0 Å². The number of nitrogens with zero attached hydrogens (tertiary/aromatic N) is 2. The van der Waals surface area contributed by atoms with Gasteiger partial charge in [0.05, 0.1) is 12.7 Å². The van der Waals surface area contributed by atoms with Crippen molar-refractivity contribution in [1.29, 1.82) is 0 Å². The Hall–Kier alpha value is -1.40. The van der Waals surface area contributed by atoms with Crippen molar-refractivity contribution in [2.45, 2.75) is 38.2 Å². The minimum Gasteiger partial charge on any atom is -0.391 e. The SMILES string of the molecule is CCNc1cc(NCCC(O)COC)nc(C2CC2)n1. The number of aromatic nitrogens is 2. The maximum Gasteiger partial charge on any atom is 0.136 e. The van der Waals surface area contributed by atoms with Crippen LogP contribution < -0.4 is 10.6 Å². The molecule has 6 heteroatoms. The smallest absolute Gasteiger partial charge is 0.136 e. The first-order valence-corrected chi connectivity index (χ1v) is 7.26. The molecule has 20 heavy (non-hydrogen) atoms. The summed E-state index contributed by atoms with van der Waals surface area (Å²) >= 11 is 0. The van der Waals surface area contributed by atoms with Crippen LogP contribution in [0, 0.1) is 0 Å². The van der Waals surface area contributed by atoms with Crippen LogP contribution in [0.25, 0.3) is 0 Å². The van der Waals surface area contributed by atoms with Crippen molar-refractivity contribution in [2.75, 3.05) is 37.4 Å². The van der Waals surface area contributed by atoms with Crippen LogP contribution in [0.5, 0.6) is 0 Å². The number of anilines is 2. The zero-order chi connectivity index (χ0) is 14.4. The van der Waals surface area contributed by atoms with Gasteiger partial charge in [-0.2, -0.15) is 0 Å². The molecule has 1 atom stereocenters. The van der Waals surface area contributed by atoms with Crippen molar-refractivity contribution in [1.82, 2.24) is 9.97 Å². The summed E-state index contributed by atoms with van der Waals surface area (Å²) in [5.74, 6) is 3.13.